The van der Waals surface area contributed by atoms with Crippen LogP contribution < -0.4 is 5.32 Å². The van der Waals surface area contributed by atoms with Gasteiger partial charge in [0.1, 0.15) is 0 Å². The van der Waals surface area contributed by atoms with Crippen molar-refractivity contribution in [1.82, 2.24) is 9.88 Å². The van der Waals surface area contributed by atoms with E-state index in [4.69, 9.17) is 0 Å². The van der Waals surface area contributed by atoms with Crippen LogP contribution >= 0.6 is 0 Å². The SMILES string of the molecule is Cn1ccc2cc(C3CNCCC3(C)C)ccc21. The summed E-state index contributed by atoms with van der Waals surface area (Å²) in [5.41, 5.74) is 3.19. The van der Waals surface area contributed by atoms with Crippen molar-refractivity contribution in [3.8, 4) is 0 Å². The first-order valence-corrected chi connectivity index (χ1v) is 6.84. The molecule has 0 amide bonds. The average molecular weight is 242 g/mol. The molecule has 1 aromatic carbocycles. The van der Waals surface area contributed by atoms with Crippen molar-refractivity contribution < 1.29 is 0 Å². The van der Waals surface area contributed by atoms with Gasteiger partial charge in [-0.05, 0) is 47.5 Å². The fourth-order valence-electron chi connectivity index (χ4n) is 3.19. The third-order valence-corrected chi connectivity index (χ3v) is 4.55. The minimum Gasteiger partial charge on any atom is -0.351 e. The molecule has 2 aromatic rings. The molecule has 1 saturated heterocycles. The summed E-state index contributed by atoms with van der Waals surface area (Å²) in [6, 6.07) is 9.15. The Kier molecular flexibility index (Phi) is 2.70. The Morgan fingerprint density at radius 2 is 2.11 bits per heavy atom. The van der Waals surface area contributed by atoms with Crippen LogP contribution in [0.5, 0.6) is 0 Å². The molecular weight excluding hydrogens is 220 g/mol. The van der Waals surface area contributed by atoms with Gasteiger partial charge in [0.05, 0.1) is 0 Å². The van der Waals surface area contributed by atoms with E-state index in [-0.39, 0.29) is 0 Å². The molecule has 18 heavy (non-hydrogen) atoms. The van der Waals surface area contributed by atoms with Crippen LogP contribution in [0.25, 0.3) is 10.9 Å². The van der Waals surface area contributed by atoms with Crippen molar-refractivity contribution in [2.24, 2.45) is 12.5 Å². The highest BCUT2D eigenvalue weighted by Crippen LogP contribution is 2.40. The van der Waals surface area contributed by atoms with E-state index in [1.54, 1.807) is 0 Å². The van der Waals surface area contributed by atoms with Gasteiger partial charge >= 0.3 is 0 Å². The average Bonchev–Trinajstić information content (AvgIpc) is 2.70. The maximum Gasteiger partial charge on any atom is 0.0477 e. The Balaban J connectivity index is 2.03. The van der Waals surface area contributed by atoms with Crippen molar-refractivity contribution >= 4 is 10.9 Å². The Morgan fingerprint density at radius 1 is 1.28 bits per heavy atom. The number of aromatic nitrogens is 1. The Hall–Kier alpha value is -1.28. The second-order valence-electron chi connectivity index (χ2n) is 6.24. The number of hydrogen-bond donors (Lipinski definition) is 1. The lowest BCUT2D eigenvalue weighted by atomic mass is 9.70. The highest BCUT2D eigenvalue weighted by atomic mass is 14.9. The second kappa shape index (κ2) is 4.13. The van der Waals surface area contributed by atoms with E-state index < -0.39 is 0 Å². The van der Waals surface area contributed by atoms with Gasteiger partial charge < -0.3 is 9.88 Å². The molecule has 0 aliphatic carbocycles. The number of fused-ring (bicyclic) bond motifs is 1. The summed E-state index contributed by atoms with van der Waals surface area (Å²) in [5.74, 6) is 0.621. The quantitative estimate of drug-likeness (QED) is 0.812. The van der Waals surface area contributed by atoms with E-state index >= 15 is 0 Å². The summed E-state index contributed by atoms with van der Waals surface area (Å²) in [6.07, 6.45) is 3.39. The first kappa shape index (κ1) is 11.8. The van der Waals surface area contributed by atoms with Gasteiger partial charge in [0.15, 0.2) is 0 Å². The molecule has 1 aliphatic heterocycles. The molecule has 1 unspecified atom stereocenters. The zero-order valence-corrected chi connectivity index (χ0v) is 11.5. The molecule has 1 aromatic heterocycles. The van der Waals surface area contributed by atoms with Gasteiger partial charge in [0.2, 0.25) is 0 Å². The number of piperidine rings is 1. The molecule has 2 heteroatoms. The van der Waals surface area contributed by atoms with Crippen molar-refractivity contribution in [2.45, 2.75) is 26.2 Å². The smallest absolute Gasteiger partial charge is 0.0477 e. The maximum absolute atomic E-state index is 3.54. The first-order valence-electron chi connectivity index (χ1n) is 6.84. The topological polar surface area (TPSA) is 17.0 Å². The minimum atomic E-state index is 0.397. The summed E-state index contributed by atoms with van der Waals surface area (Å²) in [6.45, 7) is 7.05. The second-order valence-corrected chi connectivity index (χ2v) is 6.24. The van der Waals surface area contributed by atoms with Crippen molar-refractivity contribution in [3.63, 3.8) is 0 Å². The molecule has 2 nitrogen and oxygen atoms in total. The van der Waals surface area contributed by atoms with Gasteiger partial charge in [-0.25, -0.2) is 0 Å². The van der Waals surface area contributed by atoms with Gasteiger partial charge in [0, 0.05) is 31.2 Å². The van der Waals surface area contributed by atoms with E-state index in [0.29, 0.717) is 11.3 Å². The monoisotopic (exact) mass is 242 g/mol. The summed E-state index contributed by atoms with van der Waals surface area (Å²) in [4.78, 5) is 0. The molecular formula is C16H22N2. The Morgan fingerprint density at radius 3 is 2.89 bits per heavy atom. The Labute approximate surface area is 109 Å². The normalized spacial score (nSPS) is 23.4. The molecule has 2 heterocycles. The molecule has 3 rings (SSSR count). The molecule has 96 valence electrons. The van der Waals surface area contributed by atoms with E-state index in [9.17, 15) is 0 Å². The van der Waals surface area contributed by atoms with Crippen LogP contribution in [0.4, 0.5) is 0 Å². The lowest BCUT2D eigenvalue weighted by molar-refractivity contribution is 0.214. The zero-order valence-electron chi connectivity index (χ0n) is 11.5. The fraction of sp³-hybridized carbons (Fsp3) is 0.500. The summed E-state index contributed by atoms with van der Waals surface area (Å²) in [5, 5.41) is 4.89. The molecule has 0 bridgehead atoms. The third-order valence-electron chi connectivity index (χ3n) is 4.55. The predicted molar refractivity (Wildman–Crippen MR) is 76.9 cm³/mol. The summed E-state index contributed by atoms with van der Waals surface area (Å²) < 4.78 is 2.18. The van der Waals surface area contributed by atoms with Crippen molar-refractivity contribution in [2.75, 3.05) is 13.1 Å². The number of aryl methyl sites for hydroxylation is 1. The lowest BCUT2D eigenvalue weighted by Crippen LogP contribution is -2.40. The summed E-state index contributed by atoms with van der Waals surface area (Å²) in [7, 11) is 2.11. The number of nitrogens with zero attached hydrogens (tertiary/aromatic N) is 1. The van der Waals surface area contributed by atoms with Gasteiger partial charge in [-0.15, -0.1) is 0 Å². The van der Waals surface area contributed by atoms with Crippen molar-refractivity contribution in [1.29, 1.82) is 0 Å². The largest absolute Gasteiger partial charge is 0.351 e. The van der Waals surface area contributed by atoms with E-state index in [0.717, 1.165) is 13.1 Å². The standard InChI is InChI=1S/C16H22N2/c1-16(2)7-8-17-11-14(16)12-4-5-15-13(10-12)6-9-18(15)3/h4-6,9-10,14,17H,7-8,11H2,1-3H3. The van der Waals surface area contributed by atoms with Crippen LogP contribution in [0, 0.1) is 5.41 Å². The van der Waals surface area contributed by atoms with Gasteiger partial charge in [-0.1, -0.05) is 19.9 Å². The first-order chi connectivity index (χ1) is 8.58. The highest BCUT2D eigenvalue weighted by molar-refractivity contribution is 5.81. The highest BCUT2D eigenvalue weighted by Gasteiger charge is 2.33. The van der Waals surface area contributed by atoms with Gasteiger partial charge in [0.25, 0.3) is 0 Å². The fourth-order valence-corrected chi connectivity index (χ4v) is 3.19. The third kappa shape index (κ3) is 1.85. The molecule has 1 fully saturated rings. The van der Waals surface area contributed by atoms with Crippen LogP contribution in [0.2, 0.25) is 0 Å². The number of rotatable bonds is 1. The lowest BCUT2D eigenvalue weighted by Gasteiger charge is -2.39. The molecule has 1 aliphatic rings. The molecule has 1 atom stereocenters. The van der Waals surface area contributed by atoms with E-state index in [1.165, 1.54) is 22.9 Å². The Bertz CT molecular complexity index is 565. The minimum absolute atomic E-state index is 0.397. The zero-order chi connectivity index (χ0) is 12.8. The molecule has 0 radical (unpaired) electrons. The molecule has 0 spiro atoms. The van der Waals surface area contributed by atoms with Crippen LogP contribution in [0.1, 0.15) is 31.7 Å². The van der Waals surface area contributed by atoms with Gasteiger partial charge in [-0.2, -0.15) is 0 Å². The maximum atomic E-state index is 3.54. The molecule has 0 saturated carbocycles. The van der Waals surface area contributed by atoms with Crippen molar-refractivity contribution in [3.05, 3.63) is 36.0 Å². The predicted octanol–water partition coefficient (Wildman–Crippen LogP) is 3.28. The van der Waals surface area contributed by atoms with Crippen LogP contribution in [-0.2, 0) is 7.05 Å². The van der Waals surface area contributed by atoms with E-state index in [1.807, 2.05) is 0 Å². The van der Waals surface area contributed by atoms with E-state index in [2.05, 4.69) is 61.2 Å². The van der Waals surface area contributed by atoms with Crippen LogP contribution in [0.15, 0.2) is 30.5 Å². The number of benzene rings is 1. The summed E-state index contributed by atoms with van der Waals surface area (Å²) >= 11 is 0. The van der Waals surface area contributed by atoms with Crippen LogP contribution in [-0.4, -0.2) is 17.7 Å². The number of hydrogen-bond acceptors (Lipinski definition) is 1. The molecule has 1 N–H and O–H groups in total. The van der Waals surface area contributed by atoms with Crippen LogP contribution in [0.3, 0.4) is 0 Å². The number of nitrogens with one attached hydrogen (secondary N) is 1. The van der Waals surface area contributed by atoms with Gasteiger partial charge in [-0.3, -0.25) is 0 Å².